The highest BCUT2D eigenvalue weighted by Gasteiger charge is 2.23. The number of allylic oxidation sites excluding steroid dienone is 1. The van der Waals surface area contributed by atoms with Crippen LogP contribution in [0.3, 0.4) is 0 Å². The van der Waals surface area contributed by atoms with Gasteiger partial charge in [-0.2, -0.15) is 0 Å². The second-order valence-electron chi connectivity index (χ2n) is 6.77. The van der Waals surface area contributed by atoms with Crippen LogP contribution in [0.25, 0.3) is 0 Å². The zero-order chi connectivity index (χ0) is 18.5. The molecule has 1 amide bonds. The molecule has 2 atom stereocenters. The summed E-state index contributed by atoms with van der Waals surface area (Å²) in [5.41, 5.74) is 17.8. The van der Waals surface area contributed by atoms with Crippen LogP contribution in [-0.2, 0) is 0 Å². The maximum Gasteiger partial charge on any atom is 0.271 e. The normalized spacial score (nSPS) is 23.8. The average Bonchev–Trinajstić information content (AvgIpc) is 3.45. The van der Waals surface area contributed by atoms with E-state index in [9.17, 15) is 4.79 Å². The molecule has 1 aromatic rings. The fourth-order valence-corrected chi connectivity index (χ4v) is 2.92. The second-order valence-corrected chi connectivity index (χ2v) is 6.77. The Kier molecular flexibility index (Phi) is 5.67. The third-order valence-corrected chi connectivity index (χ3v) is 4.57. The highest BCUT2D eigenvalue weighted by molar-refractivity contribution is 5.97. The number of amides is 1. The van der Waals surface area contributed by atoms with Gasteiger partial charge in [0, 0.05) is 24.5 Å². The quantitative estimate of drug-likeness (QED) is 0.449. The minimum atomic E-state index is -0.670. The fourth-order valence-electron chi connectivity index (χ4n) is 2.92. The Morgan fingerprint density at radius 3 is 2.69 bits per heavy atom. The number of rotatable bonds is 7. The Hall–Kier alpha value is -2.68. The lowest BCUT2D eigenvalue weighted by Crippen LogP contribution is -2.42. The zero-order valence-corrected chi connectivity index (χ0v) is 14.7. The zero-order valence-electron chi connectivity index (χ0n) is 14.7. The first-order chi connectivity index (χ1) is 12.6. The van der Waals surface area contributed by atoms with E-state index in [4.69, 9.17) is 17.2 Å². The summed E-state index contributed by atoms with van der Waals surface area (Å²) in [4.78, 5) is 24.6. The van der Waals surface area contributed by atoms with Gasteiger partial charge in [0.15, 0.2) is 11.5 Å². The third-order valence-electron chi connectivity index (χ3n) is 4.57. The molecule has 2 aliphatic carbocycles. The molecule has 1 aromatic heterocycles. The van der Waals surface area contributed by atoms with Gasteiger partial charge in [0.2, 0.25) is 0 Å². The molecule has 2 aliphatic rings. The Labute approximate surface area is 152 Å². The maximum absolute atomic E-state index is 11.7. The van der Waals surface area contributed by atoms with Gasteiger partial charge in [-0.05, 0) is 25.7 Å². The number of nitrogens with one attached hydrogen (secondary N) is 2. The number of aromatic nitrogens is 2. The molecule has 0 bridgehead atoms. The van der Waals surface area contributed by atoms with Crippen molar-refractivity contribution in [1.82, 2.24) is 9.97 Å². The topological polar surface area (TPSA) is 157 Å². The summed E-state index contributed by atoms with van der Waals surface area (Å²) in [6, 6.07) is 0.559. The number of primary amides is 1. The Bertz CT molecular complexity index is 713. The van der Waals surface area contributed by atoms with Crippen LogP contribution in [0.5, 0.6) is 0 Å². The van der Waals surface area contributed by atoms with Gasteiger partial charge in [-0.1, -0.05) is 12.8 Å². The van der Waals surface area contributed by atoms with Crippen LogP contribution in [-0.4, -0.2) is 40.2 Å². The van der Waals surface area contributed by atoms with Crippen molar-refractivity contribution in [2.75, 3.05) is 10.6 Å². The molecule has 1 heterocycles. The molecule has 2 fully saturated rings. The van der Waals surface area contributed by atoms with Crippen molar-refractivity contribution in [3.8, 4) is 0 Å². The van der Waals surface area contributed by atoms with Crippen LogP contribution in [0.4, 0.5) is 11.6 Å². The van der Waals surface area contributed by atoms with E-state index in [1.54, 1.807) is 6.21 Å². The first kappa shape index (κ1) is 18.1. The molecule has 140 valence electrons. The van der Waals surface area contributed by atoms with Crippen LogP contribution < -0.4 is 27.8 Å². The second kappa shape index (κ2) is 8.13. The molecule has 0 unspecified atom stereocenters. The van der Waals surface area contributed by atoms with Gasteiger partial charge in [0.05, 0.1) is 17.9 Å². The summed E-state index contributed by atoms with van der Waals surface area (Å²) in [7, 11) is 0. The minimum absolute atomic E-state index is 0.0441. The van der Waals surface area contributed by atoms with Gasteiger partial charge in [0.25, 0.3) is 5.91 Å². The summed E-state index contributed by atoms with van der Waals surface area (Å²) in [6.45, 7) is 0. The summed E-state index contributed by atoms with van der Waals surface area (Å²) in [6.07, 6.45) is 10.9. The molecule has 8 N–H and O–H groups in total. The average molecular weight is 358 g/mol. The number of anilines is 2. The van der Waals surface area contributed by atoms with Gasteiger partial charge in [-0.25, -0.2) is 9.97 Å². The monoisotopic (exact) mass is 358 g/mol. The number of carbonyl (C=O) groups is 1. The molecule has 0 saturated heterocycles. The lowest BCUT2D eigenvalue weighted by atomic mass is 9.91. The van der Waals surface area contributed by atoms with E-state index >= 15 is 0 Å². The molecule has 0 aromatic carbocycles. The summed E-state index contributed by atoms with van der Waals surface area (Å²) in [5, 5.41) is 6.31. The van der Waals surface area contributed by atoms with Crippen molar-refractivity contribution in [3.05, 3.63) is 23.8 Å². The first-order valence-corrected chi connectivity index (χ1v) is 8.98. The van der Waals surface area contributed by atoms with Crippen molar-refractivity contribution in [2.24, 2.45) is 22.2 Å². The number of nitrogens with zero attached hydrogens (tertiary/aromatic N) is 3. The van der Waals surface area contributed by atoms with Gasteiger partial charge in [-0.3, -0.25) is 9.79 Å². The summed E-state index contributed by atoms with van der Waals surface area (Å²) < 4.78 is 0. The Morgan fingerprint density at radius 1 is 1.27 bits per heavy atom. The molecular formula is C17H26N8O. The molecular weight excluding hydrogens is 332 g/mol. The first-order valence-electron chi connectivity index (χ1n) is 8.98. The standard InChI is InChI=1S/C17H26N8O/c18-7-11(8-21-10-5-6-10)23-17-15(16(20)26)22-9-14(25-17)24-13-4-2-1-3-12(13)19/h7-10,12-13H,1-6,18-19H2,(H2,20,26)(H2,23,24,25)/t12-,13+/m0/s1. The Morgan fingerprint density at radius 2 is 2.04 bits per heavy atom. The van der Waals surface area contributed by atoms with E-state index in [0.29, 0.717) is 17.6 Å². The molecule has 26 heavy (non-hydrogen) atoms. The van der Waals surface area contributed by atoms with E-state index in [1.165, 1.54) is 12.4 Å². The van der Waals surface area contributed by atoms with E-state index in [0.717, 1.165) is 38.5 Å². The van der Waals surface area contributed by atoms with Crippen molar-refractivity contribution in [1.29, 1.82) is 0 Å². The van der Waals surface area contributed by atoms with Gasteiger partial charge >= 0.3 is 0 Å². The molecule has 9 nitrogen and oxygen atoms in total. The van der Waals surface area contributed by atoms with Crippen molar-refractivity contribution in [2.45, 2.75) is 56.7 Å². The SMILES string of the molecule is NC=C(C=NC1CC1)Nc1nc(N[C@@H]2CCCC[C@@H]2N)cnc1C(N)=O. The highest BCUT2D eigenvalue weighted by atomic mass is 16.1. The number of aliphatic imine (C=N–C) groups is 1. The molecule has 0 radical (unpaired) electrons. The smallest absolute Gasteiger partial charge is 0.271 e. The van der Waals surface area contributed by atoms with Crippen LogP contribution in [0, 0.1) is 0 Å². The Balaban J connectivity index is 1.78. The van der Waals surface area contributed by atoms with Crippen LogP contribution >= 0.6 is 0 Å². The molecule has 9 heteroatoms. The predicted molar refractivity (Wildman–Crippen MR) is 102 cm³/mol. The number of hydrogen-bond donors (Lipinski definition) is 5. The number of carbonyl (C=O) groups excluding carboxylic acids is 1. The van der Waals surface area contributed by atoms with Gasteiger partial charge < -0.3 is 27.8 Å². The molecule has 0 spiro atoms. The maximum atomic E-state index is 11.7. The van der Waals surface area contributed by atoms with Crippen LogP contribution in [0.2, 0.25) is 0 Å². The third kappa shape index (κ3) is 4.69. The van der Waals surface area contributed by atoms with Crippen molar-refractivity contribution in [3.63, 3.8) is 0 Å². The van der Waals surface area contributed by atoms with Crippen molar-refractivity contribution < 1.29 is 4.79 Å². The van der Waals surface area contributed by atoms with Crippen molar-refractivity contribution >= 4 is 23.8 Å². The number of hydrogen-bond acceptors (Lipinski definition) is 8. The predicted octanol–water partition coefficient (Wildman–Crippen LogP) is 0.703. The summed E-state index contributed by atoms with van der Waals surface area (Å²) in [5.74, 6) is 0.109. The molecule has 2 saturated carbocycles. The lowest BCUT2D eigenvalue weighted by molar-refractivity contribution is 0.0996. The fraction of sp³-hybridized carbons (Fsp3) is 0.529. The van der Waals surface area contributed by atoms with E-state index in [1.807, 2.05) is 0 Å². The largest absolute Gasteiger partial charge is 0.403 e. The van der Waals surface area contributed by atoms with E-state index in [-0.39, 0.29) is 23.6 Å². The number of nitrogens with two attached hydrogens (primary N) is 3. The van der Waals surface area contributed by atoms with E-state index in [2.05, 4.69) is 25.6 Å². The van der Waals surface area contributed by atoms with Gasteiger partial charge in [0.1, 0.15) is 5.82 Å². The molecule has 0 aliphatic heterocycles. The van der Waals surface area contributed by atoms with E-state index < -0.39 is 5.91 Å². The molecule has 3 rings (SSSR count). The lowest BCUT2D eigenvalue weighted by Gasteiger charge is -2.29. The summed E-state index contributed by atoms with van der Waals surface area (Å²) >= 11 is 0. The minimum Gasteiger partial charge on any atom is -0.403 e. The van der Waals surface area contributed by atoms with Crippen LogP contribution in [0.15, 0.2) is 23.1 Å². The van der Waals surface area contributed by atoms with Crippen LogP contribution in [0.1, 0.15) is 49.0 Å². The highest BCUT2D eigenvalue weighted by Crippen LogP contribution is 2.24. The van der Waals surface area contributed by atoms with Gasteiger partial charge in [-0.15, -0.1) is 0 Å².